The topological polar surface area (TPSA) is 41.6 Å². The fraction of sp³-hybridized carbons (Fsp3) is 0.278. The summed E-state index contributed by atoms with van der Waals surface area (Å²) in [6.45, 7) is 1.21. The summed E-state index contributed by atoms with van der Waals surface area (Å²) in [5.74, 6) is -0.389. The van der Waals surface area contributed by atoms with E-state index in [1.54, 1.807) is 11.9 Å². The van der Waals surface area contributed by atoms with Crippen molar-refractivity contribution >= 4 is 29.9 Å². The number of likely N-dealkylation sites (N-methyl/N-ethyl adjacent to an activating group) is 2. The summed E-state index contributed by atoms with van der Waals surface area (Å²) in [6.07, 6.45) is -0.851. The van der Waals surface area contributed by atoms with Crippen LogP contribution in [0, 0.1) is 5.82 Å². The fourth-order valence-corrected chi connectivity index (χ4v) is 2.39. The van der Waals surface area contributed by atoms with Gasteiger partial charge in [0.25, 0.3) is 5.91 Å². The number of nitrogens with one attached hydrogen (secondary N) is 1. The molecule has 25 heavy (non-hydrogen) atoms. The van der Waals surface area contributed by atoms with Crippen LogP contribution in [0.4, 0.5) is 4.39 Å². The predicted molar refractivity (Wildman–Crippen MR) is 100 cm³/mol. The van der Waals surface area contributed by atoms with E-state index in [2.05, 4.69) is 5.32 Å². The Labute approximate surface area is 158 Å². The molecule has 7 heteroatoms. The number of hydrogen-bond acceptors (Lipinski definition) is 3. The first-order chi connectivity index (χ1) is 11.5. The summed E-state index contributed by atoms with van der Waals surface area (Å²) in [4.78, 5) is 14.4. The van der Waals surface area contributed by atoms with Crippen molar-refractivity contribution < 1.29 is 13.9 Å². The molecule has 0 saturated carbocycles. The average molecular weight is 387 g/mol. The molecule has 0 aromatic heterocycles. The SMILES string of the molecule is CNCCN(C)C(=O)C(Oc1ccc(F)cc1Cl)c1ccccc1.Cl. The van der Waals surface area contributed by atoms with Crippen LogP contribution in [0.1, 0.15) is 11.7 Å². The van der Waals surface area contributed by atoms with E-state index >= 15 is 0 Å². The van der Waals surface area contributed by atoms with Crippen LogP contribution in [-0.2, 0) is 4.79 Å². The van der Waals surface area contributed by atoms with Gasteiger partial charge in [0.05, 0.1) is 5.02 Å². The van der Waals surface area contributed by atoms with E-state index in [0.717, 1.165) is 6.07 Å². The van der Waals surface area contributed by atoms with Gasteiger partial charge < -0.3 is 15.0 Å². The monoisotopic (exact) mass is 386 g/mol. The molecule has 2 aromatic carbocycles. The predicted octanol–water partition coefficient (Wildman–Crippen LogP) is 3.70. The van der Waals surface area contributed by atoms with Gasteiger partial charge in [0.1, 0.15) is 11.6 Å². The van der Waals surface area contributed by atoms with Gasteiger partial charge in [0, 0.05) is 25.7 Å². The van der Waals surface area contributed by atoms with E-state index in [4.69, 9.17) is 16.3 Å². The van der Waals surface area contributed by atoms with Crippen molar-refractivity contribution in [3.8, 4) is 5.75 Å². The van der Waals surface area contributed by atoms with Gasteiger partial charge in [0.2, 0.25) is 6.10 Å². The third kappa shape index (κ3) is 5.88. The van der Waals surface area contributed by atoms with E-state index < -0.39 is 11.9 Å². The molecule has 0 bridgehead atoms. The molecule has 0 aliphatic heterocycles. The fourth-order valence-electron chi connectivity index (χ4n) is 2.18. The zero-order chi connectivity index (χ0) is 17.5. The van der Waals surface area contributed by atoms with Crippen molar-refractivity contribution in [1.29, 1.82) is 0 Å². The maximum atomic E-state index is 13.2. The summed E-state index contributed by atoms with van der Waals surface area (Å²) in [5, 5.41) is 3.13. The number of hydrogen-bond donors (Lipinski definition) is 1. The van der Waals surface area contributed by atoms with E-state index in [1.165, 1.54) is 12.1 Å². The maximum absolute atomic E-state index is 13.2. The van der Waals surface area contributed by atoms with Gasteiger partial charge in [-0.25, -0.2) is 4.39 Å². The van der Waals surface area contributed by atoms with Crippen LogP contribution in [-0.4, -0.2) is 38.0 Å². The zero-order valence-electron chi connectivity index (χ0n) is 14.0. The highest BCUT2D eigenvalue weighted by Crippen LogP contribution is 2.30. The van der Waals surface area contributed by atoms with Crippen molar-refractivity contribution in [3.63, 3.8) is 0 Å². The van der Waals surface area contributed by atoms with Crippen molar-refractivity contribution in [2.24, 2.45) is 0 Å². The summed E-state index contributed by atoms with van der Waals surface area (Å²) in [7, 11) is 3.53. The second-order valence-corrected chi connectivity index (χ2v) is 5.75. The summed E-state index contributed by atoms with van der Waals surface area (Å²) >= 11 is 6.03. The molecule has 0 heterocycles. The second-order valence-electron chi connectivity index (χ2n) is 5.35. The molecule has 2 aromatic rings. The number of ether oxygens (including phenoxy) is 1. The van der Waals surface area contributed by atoms with Crippen LogP contribution in [0.15, 0.2) is 48.5 Å². The smallest absolute Gasteiger partial charge is 0.268 e. The number of carbonyl (C=O) groups is 1. The Morgan fingerprint density at radius 2 is 1.96 bits per heavy atom. The molecule has 1 unspecified atom stereocenters. The first-order valence-corrected chi connectivity index (χ1v) is 7.97. The molecule has 0 aliphatic rings. The molecule has 2 rings (SSSR count). The highest BCUT2D eigenvalue weighted by Gasteiger charge is 2.26. The highest BCUT2D eigenvalue weighted by molar-refractivity contribution is 6.32. The third-order valence-electron chi connectivity index (χ3n) is 3.54. The Morgan fingerprint density at radius 1 is 1.28 bits per heavy atom. The Bertz CT molecular complexity index is 686. The summed E-state index contributed by atoms with van der Waals surface area (Å²) in [5.41, 5.74) is 0.708. The molecule has 0 spiro atoms. The van der Waals surface area contributed by atoms with Gasteiger partial charge in [-0.15, -0.1) is 12.4 Å². The average Bonchev–Trinajstić information content (AvgIpc) is 2.59. The molecule has 0 fully saturated rings. The summed E-state index contributed by atoms with van der Waals surface area (Å²) in [6, 6.07) is 13.0. The summed E-state index contributed by atoms with van der Waals surface area (Å²) < 4.78 is 19.1. The Hall–Kier alpha value is -1.82. The number of rotatable bonds is 7. The molecule has 1 N–H and O–H groups in total. The van der Waals surface area contributed by atoms with Crippen LogP contribution in [0.25, 0.3) is 0 Å². The molecule has 0 saturated heterocycles. The number of amides is 1. The molecule has 1 atom stereocenters. The van der Waals surface area contributed by atoms with Gasteiger partial charge in [-0.3, -0.25) is 4.79 Å². The van der Waals surface area contributed by atoms with Gasteiger partial charge in [0.15, 0.2) is 0 Å². The van der Waals surface area contributed by atoms with Crippen molar-refractivity contribution in [2.75, 3.05) is 27.2 Å². The molecule has 0 radical (unpaired) electrons. The van der Waals surface area contributed by atoms with E-state index in [1.807, 2.05) is 37.4 Å². The van der Waals surface area contributed by atoms with Crippen molar-refractivity contribution in [3.05, 3.63) is 64.9 Å². The maximum Gasteiger partial charge on any atom is 0.268 e. The van der Waals surface area contributed by atoms with Crippen LogP contribution in [0.5, 0.6) is 5.75 Å². The minimum absolute atomic E-state index is 0. The van der Waals surface area contributed by atoms with E-state index in [-0.39, 0.29) is 29.1 Å². The van der Waals surface area contributed by atoms with Crippen molar-refractivity contribution in [2.45, 2.75) is 6.10 Å². The number of benzene rings is 2. The molecule has 4 nitrogen and oxygen atoms in total. The van der Waals surface area contributed by atoms with Gasteiger partial charge in [-0.05, 0) is 25.2 Å². The Kier molecular flexibility index (Phi) is 8.69. The first kappa shape index (κ1) is 21.2. The number of nitrogens with zero attached hydrogens (tertiary/aromatic N) is 1. The zero-order valence-corrected chi connectivity index (χ0v) is 15.6. The number of carbonyl (C=O) groups excluding carboxylic acids is 1. The third-order valence-corrected chi connectivity index (χ3v) is 3.83. The lowest BCUT2D eigenvalue weighted by Gasteiger charge is -2.25. The largest absolute Gasteiger partial charge is 0.474 e. The van der Waals surface area contributed by atoms with Gasteiger partial charge >= 0.3 is 0 Å². The quantitative estimate of drug-likeness (QED) is 0.788. The Balaban J connectivity index is 0.00000312. The van der Waals surface area contributed by atoms with Gasteiger partial charge in [-0.2, -0.15) is 0 Å². The Morgan fingerprint density at radius 3 is 2.56 bits per heavy atom. The lowest BCUT2D eigenvalue weighted by molar-refractivity contribution is -0.137. The molecular weight excluding hydrogens is 366 g/mol. The van der Waals surface area contributed by atoms with Crippen LogP contribution in [0.3, 0.4) is 0 Å². The molecule has 1 amide bonds. The van der Waals surface area contributed by atoms with E-state index in [0.29, 0.717) is 18.7 Å². The minimum atomic E-state index is -0.851. The van der Waals surface area contributed by atoms with E-state index in [9.17, 15) is 9.18 Å². The van der Waals surface area contributed by atoms with Crippen LogP contribution in [0.2, 0.25) is 5.02 Å². The standard InChI is InChI=1S/C18H20ClFN2O2.ClH/c1-21-10-11-22(2)18(23)17(13-6-4-3-5-7-13)24-16-9-8-14(20)12-15(16)19;/h3-9,12,17,21H,10-11H2,1-2H3;1H. The van der Waals surface area contributed by atoms with Crippen LogP contribution >= 0.6 is 24.0 Å². The van der Waals surface area contributed by atoms with Crippen LogP contribution < -0.4 is 10.1 Å². The molecule has 0 aliphatic carbocycles. The van der Waals surface area contributed by atoms with Crippen molar-refractivity contribution in [1.82, 2.24) is 10.2 Å². The highest BCUT2D eigenvalue weighted by atomic mass is 35.5. The number of halogens is 3. The first-order valence-electron chi connectivity index (χ1n) is 7.59. The normalized spacial score (nSPS) is 11.4. The molecular formula is C18H21Cl2FN2O2. The molecule has 136 valence electrons. The lowest BCUT2D eigenvalue weighted by Crippen LogP contribution is -2.38. The lowest BCUT2D eigenvalue weighted by atomic mass is 10.1. The van der Waals surface area contributed by atoms with Gasteiger partial charge in [-0.1, -0.05) is 41.9 Å². The minimum Gasteiger partial charge on any atom is -0.474 e. The second kappa shape index (κ2) is 10.2.